The summed E-state index contributed by atoms with van der Waals surface area (Å²) in [5, 5.41) is 17.5. The number of carbonyl (C=O) groups is 2. The smallest absolute Gasteiger partial charge is 0.309 e. The third kappa shape index (κ3) is 18.6. The summed E-state index contributed by atoms with van der Waals surface area (Å²) >= 11 is 0. The predicted octanol–water partition coefficient (Wildman–Crippen LogP) is 4.55. The number of hydrogen-bond acceptors (Lipinski definition) is 6. The van der Waals surface area contributed by atoms with Gasteiger partial charge in [-0.05, 0) is 6.42 Å². The van der Waals surface area contributed by atoms with Crippen molar-refractivity contribution in [2.24, 2.45) is 5.92 Å². The maximum atomic E-state index is 12.1. The first kappa shape index (κ1) is 27.9. The quantitative estimate of drug-likeness (QED) is 0.211. The van der Waals surface area contributed by atoms with Crippen LogP contribution in [0, 0.1) is 5.92 Å². The van der Waals surface area contributed by atoms with Gasteiger partial charge in [0.2, 0.25) is 0 Å². The highest BCUT2D eigenvalue weighted by Gasteiger charge is 2.23. The molecular weight excluding hydrogens is 372 g/mol. The molecule has 0 fully saturated rings. The molecule has 0 aromatic carbocycles. The summed E-state index contributed by atoms with van der Waals surface area (Å²) in [6, 6.07) is 0. The van der Waals surface area contributed by atoms with E-state index in [1.165, 1.54) is 64.2 Å². The zero-order chi connectivity index (χ0) is 21.6. The van der Waals surface area contributed by atoms with Crippen molar-refractivity contribution in [1.29, 1.82) is 0 Å². The number of unbranched alkanes of at least 4 members (excludes halogenated alkanes) is 12. The highest BCUT2D eigenvalue weighted by Crippen LogP contribution is 2.18. The SMILES string of the molecule is CCCCCCCCCCCCCCCC(CC(=O)OCCO)C(=O)OCCO. The van der Waals surface area contributed by atoms with Gasteiger partial charge in [0.25, 0.3) is 0 Å². The van der Waals surface area contributed by atoms with Gasteiger partial charge in [0, 0.05) is 0 Å². The fourth-order valence-electron chi connectivity index (χ4n) is 3.40. The lowest BCUT2D eigenvalue weighted by atomic mass is 9.97. The minimum atomic E-state index is -0.541. The molecule has 0 rings (SSSR count). The molecule has 0 saturated heterocycles. The second-order valence-corrected chi connectivity index (χ2v) is 7.77. The minimum Gasteiger partial charge on any atom is -0.463 e. The summed E-state index contributed by atoms with van der Waals surface area (Å²) in [6.07, 6.45) is 16.9. The summed E-state index contributed by atoms with van der Waals surface area (Å²) in [5.41, 5.74) is 0. The molecule has 6 nitrogen and oxygen atoms in total. The number of ether oxygens (including phenoxy) is 2. The molecule has 1 unspecified atom stereocenters. The largest absolute Gasteiger partial charge is 0.463 e. The van der Waals surface area contributed by atoms with Crippen LogP contribution in [0.3, 0.4) is 0 Å². The highest BCUT2D eigenvalue weighted by molar-refractivity contribution is 5.79. The summed E-state index contributed by atoms with van der Waals surface area (Å²) in [4.78, 5) is 23.8. The Kier molecular flexibility index (Phi) is 20.7. The Labute approximate surface area is 177 Å². The molecule has 0 aromatic heterocycles. The van der Waals surface area contributed by atoms with Crippen LogP contribution in [0.25, 0.3) is 0 Å². The van der Waals surface area contributed by atoms with E-state index in [0.717, 1.165) is 19.3 Å². The number of rotatable bonds is 21. The van der Waals surface area contributed by atoms with Crippen molar-refractivity contribution >= 4 is 11.9 Å². The van der Waals surface area contributed by atoms with E-state index in [2.05, 4.69) is 6.92 Å². The van der Waals surface area contributed by atoms with Crippen LogP contribution in [0.4, 0.5) is 0 Å². The van der Waals surface area contributed by atoms with Crippen LogP contribution >= 0.6 is 0 Å². The molecule has 0 amide bonds. The molecular formula is C23H44O6. The van der Waals surface area contributed by atoms with E-state index < -0.39 is 17.9 Å². The average molecular weight is 417 g/mol. The average Bonchev–Trinajstić information content (AvgIpc) is 2.72. The molecule has 1 atom stereocenters. The monoisotopic (exact) mass is 416 g/mol. The van der Waals surface area contributed by atoms with Crippen molar-refractivity contribution in [3.8, 4) is 0 Å². The Morgan fingerprint density at radius 1 is 0.690 bits per heavy atom. The Bertz CT molecular complexity index is 386. The summed E-state index contributed by atoms with van der Waals surface area (Å²) in [5.74, 6) is -1.50. The molecule has 6 heteroatoms. The number of carbonyl (C=O) groups excluding carboxylic acids is 2. The second kappa shape index (κ2) is 21.6. The van der Waals surface area contributed by atoms with Gasteiger partial charge in [0.15, 0.2) is 0 Å². The first-order chi connectivity index (χ1) is 14.2. The van der Waals surface area contributed by atoms with E-state index >= 15 is 0 Å². The third-order valence-electron chi connectivity index (χ3n) is 5.09. The van der Waals surface area contributed by atoms with E-state index in [1.807, 2.05) is 0 Å². The van der Waals surface area contributed by atoms with Gasteiger partial charge in [-0.15, -0.1) is 0 Å². The maximum Gasteiger partial charge on any atom is 0.309 e. The number of aliphatic hydroxyl groups excluding tert-OH is 2. The normalized spacial score (nSPS) is 12.0. The van der Waals surface area contributed by atoms with Crippen molar-refractivity contribution in [2.75, 3.05) is 26.4 Å². The highest BCUT2D eigenvalue weighted by atomic mass is 16.5. The van der Waals surface area contributed by atoms with E-state index in [9.17, 15) is 9.59 Å². The van der Waals surface area contributed by atoms with Crippen molar-refractivity contribution in [2.45, 2.75) is 103 Å². The fraction of sp³-hybridized carbons (Fsp3) is 0.913. The van der Waals surface area contributed by atoms with E-state index in [4.69, 9.17) is 19.7 Å². The summed E-state index contributed by atoms with van der Waals surface area (Å²) in [6.45, 7) is 1.67. The molecule has 0 radical (unpaired) electrons. The molecule has 0 spiro atoms. The van der Waals surface area contributed by atoms with Gasteiger partial charge in [-0.1, -0.05) is 90.4 Å². The van der Waals surface area contributed by atoms with Crippen LogP contribution in [0.15, 0.2) is 0 Å². The molecule has 0 bridgehead atoms. The Morgan fingerprint density at radius 2 is 1.14 bits per heavy atom. The van der Waals surface area contributed by atoms with Crippen molar-refractivity contribution in [1.82, 2.24) is 0 Å². The van der Waals surface area contributed by atoms with Crippen molar-refractivity contribution < 1.29 is 29.3 Å². The molecule has 0 aliphatic heterocycles. The summed E-state index contributed by atoms with van der Waals surface area (Å²) < 4.78 is 9.83. The van der Waals surface area contributed by atoms with Gasteiger partial charge >= 0.3 is 11.9 Å². The van der Waals surface area contributed by atoms with Crippen LogP contribution in [0.1, 0.15) is 103 Å². The Morgan fingerprint density at radius 3 is 1.62 bits per heavy atom. The van der Waals surface area contributed by atoms with Crippen LogP contribution < -0.4 is 0 Å². The van der Waals surface area contributed by atoms with Gasteiger partial charge in [0.05, 0.1) is 25.6 Å². The van der Waals surface area contributed by atoms with Crippen LogP contribution in [-0.2, 0) is 19.1 Å². The molecule has 0 aromatic rings. The molecule has 0 aliphatic carbocycles. The zero-order valence-corrected chi connectivity index (χ0v) is 18.5. The molecule has 2 N–H and O–H groups in total. The van der Waals surface area contributed by atoms with E-state index in [0.29, 0.717) is 6.42 Å². The van der Waals surface area contributed by atoms with Crippen LogP contribution in [0.5, 0.6) is 0 Å². The summed E-state index contributed by atoms with van der Waals surface area (Å²) in [7, 11) is 0. The molecule has 0 heterocycles. The zero-order valence-electron chi connectivity index (χ0n) is 18.5. The lowest BCUT2D eigenvalue weighted by molar-refractivity contribution is -0.156. The lowest BCUT2D eigenvalue weighted by Gasteiger charge is -2.15. The molecule has 0 saturated carbocycles. The van der Waals surface area contributed by atoms with Crippen LogP contribution in [-0.4, -0.2) is 48.6 Å². The number of esters is 2. The van der Waals surface area contributed by atoms with Crippen LogP contribution in [0.2, 0.25) is 0 Å². The van der Waals surface area contributed by atoms with Crippen molar-refractivity contribution in [3.63, 3.8) is 0 Å². The van der Waals surface area contributed by atoms with Gasteiger partial charge in [-0.25, -0.2) is 0 Å². The number of hydrogen-bond donors (Lipinski definition) is 2. The topological polar surface area (TPSA) is 93.1 Å². The van der Waals surface area contributed by atoms with Crippen molar-refractivity contribution in [3.05, 3.63) is 0 Å². The van der Waals surface area contributed by atoms with Gasteiger partial charge in [0.1, 0.15) is 13.2 Å². The van der Waals surface area contributed by atoms with E-state index in [-0.39, 0.29) is 32.8 Å². The van der Waals surface area contributed by atoms with Gasteiger partial charge in [-0.2, -0.15) is 0 Å². The van der Waals surface area contributed by atoms with Gasteiger partial charge in [-0.3, -0.25) is 9.59 Å². The second-order valence-electron chi connectivity index (χ2n) is 7.77. The lowest BCUT2D eigenvalue weighted by Crippen LogP contribution is -2.23. The predicted molar refractivity (Wildman–Crippen MR) is 115 cm³/mol. The maximum absolute atomic E-state index is 12.1. The van der Waals surface area contributed by atoms with Gasteiger partial charge < -0.3 is 19.7 Å². The van der Waals surface area contributed by atoms with E-state index in [1.54, 1.807) is 0 Å². The fourth-order valence-corrected chi connectivity index (χ4v) is 3.40. The first-order valence-electron chi connectivity index (χ1n) is 11.7. The number of aliphatic hydroxyl groups is 2. The molecule has 29 heavy (non-hydrogen) atoms. The Balaban J connectivity index is 3.80. The Hall–Kier alpha value is -1.14. The molecule has 0 aliphatic rings. The third-order valence-corrected chi connectivity index (χ3v) is 5.09. The molecule has 172 valence electrons. The standard InChI is InChI=1S/C23H44O6/c1-2-3-4-5-6-7-8-9-10-11-12-13-14-15-21(23(27)29-19-17-25)20-22(26)28-18-16-24/h21,24-25H,2-20H2,1H3. The first-order valence-corrected chi connectivity index (χ1v) is 11.7. The minimum absolute atomic E-state index is 0.0392.